The summed E-state index contributed by atoms with van der Waals surface area (Å²) in [6.07, 6.45) is 1.64. The summed E-state index contributed by atoms with van der Waals surface area (Å²) < 4.78 is 7.03. The number of Topliss-reactive ketones (excluding diaryl/α,β-unsaturated/α-hetero) is 1. The molecule has 0 aliphatic heterocycles. The highest BCUT2D eigenvalue weighted by Gasteiger charge is 2.21. The average molecular weight is 410 g/mol. The van der Waals surface area contributed by atoms with Gasteiger partial charge in [-0.25, -0.2) is 9.48 Å². The summed E-state index contributed by atoms with van der Waals surface area (Å²) >= 11 is 0. The normalized spacial score (nSPS) is 10.6. The second-order valence-electron chi connectivity index (χ2n) is 7.34. The Morgan fingerprint density at radius 2 is 1.55 bits per heavy atom. The first-order chi connectivity index (χ1) is 15.0. The first kappa shape index (κ1) is 20.3. The van der Waals surface area contributed by atoms with Crippen LogP contribution in [0.1, 0.15) is 31.8 Å². The third-order valence-corrected chi connectivity index (χ3v) is 5.17. The fourth-order valence-corrected chi connectivity index (χ4v) is 3.25. The third kappa shape index (κ3) is 4.46. The monoisotopic (exact) mass is 410 g/mol. The van der Waals surface area contributed by atoms with E-state index in [1.54, 1.807) is 16.9 Å². The largest absolute Gasteiger partial charge is 0.454 e. The van der Waals surface area contributed by atoms with Crippen LogP contribution in [0.15, 0.2) is 85.1 Å². The number of carbonyl (C=O) groups excluding carboxylic acids is 2. The van der Waals surface area contributed by atoms with Gasteiger partial charge in [0.15, 0.2) is 12.4 Å². The lowest BCUT2D eigenvalue weighted by atomic mass is 10.0. The number of hydrogen-bond acceptors (Lipinski definition) is 4. The van der Waals surface area contributed by atoms with Crippen LogP contribution in [-0.4, -0.2) is 28.1 Å². The summed E-state index contributed by atoms with van der Waals surface area (Å²) in [5.41, 5.74) is 5.09. The summed E-state index contributed by atoms with van der Waals surface area (Å²) in [4.78, 5) is 25.4. The van der Waals surface area contributed by atoms with Crippen molar-refractivity contribution in [3.05, 3.63) is 107 Å². The molecular formula is C26H22N2O3. The second-order valence-corrected chi connectivity index (χ2v) is 7.34. The van der Waals surface area contributed by atoms with Crippen LogP contribution < -0.4 is 0 Å². The van der Waals surface area contributed by atoms with Crippen LogP contribution in [0.2, 0.25) is 0 Å². The van der Waals surface area contributed by atoms with Crippen molar-refractivity contribution in [1.82, 2.24) is 9.78 Å². The van der Waals surface area contributed by atoms with Gasteiger partial charge in [0.25, 0.3) is 0 Å². The first-order valence-electron chi connectivity index (χ1n) is 10.0. The molecule has 0 amide bonds. The van der Waals surface area contributed by atoms with Crippen molar-refractivity contribution in [3.8, 4) is 16.9 Å². The van der Waals surface area contributed by atoms with Gasteiger partial charge in [0.2, 0.25) is 0 Å². The number of para-hydroxylation sites is 1. The second kappa shape index (κ2) is 8.79. The third-order valence-electron chi connectivity index (χ3n) is 5.17. The number of nitrogens with zero attached hydrogens (tertiary/aromatic N) is 2. The molecule has 0 spiro atoms. The molecule has 0 N–H and O–H groups in total. The molecule has 154 valence electrons. The summed E-state index contributed by atoms with van der Waals surface area (Å²) in [5.74, 6) is -0.827. The maximum atomic E-state index is 12.9. The average Bonchev–Trinajstić information content (AvgIpc) is 3.26. The van der Waals surface area contributed by atoms with Gasteiger partial charge < -0.3 is 4.74 Å². The van der Waals surface area contributed by atoms with Crippen molar-refractivity contribution >= 4 is 11.8 Å². The summed E-state index contributed by atoms with van der Waals surface area (Å²) in [7, 11) is 0. The van der Waals surface area contributed by atoms with Crippen LogP contribution >= 0.6 is 0 Å². The number of carbonyl (C=O) groups is 2. The van der Waals surface area contributed by atoms with E-state index in [0.717, 1.165) is 22.4 Å². The molecule has 0 bridgehead atoms. The predicted molar refractivity (Wildman–Crippen MR) is 120 cm³/mol. The Kier molecular flexibility index (Phi) is 5.76. The van der Waals surface area contributed by atoms with Crippen molar-refractivity contribution in [2.75, 3.05) is 6.61 Å². The standard InChI is InChI=1S/C26H22N2O3/c1-18-13-14-21(15-19(18)2)24(29)17-31-26(30)23-16-28(22-11-7-4-8-12-22)27-25(23)20-9-5-3-6-10-20/h3-16H,17H2,1-2H3. The molecule has 0 unspecified atom stereocenters. The van der Waals surface area contributed by atoms with Crippen molar-refractivity contribution in [1.29, 1.82) is 0 Å². The smallest absolute Gasteiger partial charge is 0.342 e. The lowest BCUT2D eigenvalue weighted by Gasteiger charge is -2.06. The minimum atomic E-state index is -0.585. The molecular weight excluding hydrogens is 388 g/mol. The Balaban J connectivity index is 1.60. The highest BCUT2D eigenvalue weighted by molar-refractivity contribution is 6.01. The highest BCUT2D eigenvalue weighted by Crippen LogP contribution is 2.24. The van der Waals surface area contributed by atoms with E-state index in [4.69, 9.17) is 4.74 Å². The molecule has 0 fully saturated rings. The maximum absolute atomic E-state index is 12.9. The zero-order valence-electron chi connectivity index (χ0n) is 17.4. The molecule has 0 aliphatic rings. The summed E-state index contributed by atoms with van der Waals surface area (Å²) in [6, 6.07) is 24.4. The fourth-order valence-electron chi connectivity index (χ4n) is 3.25. The molecule has 5 nitrogen and oxygen atoms in total. The SMILES string of the molecule is Cc1ccc(C(=O)COC(=O)c2cn(-c3ccccc3)nc2-c2ccccc2)cc1C. The van der Waals surface area contributed by atoms with E-state index in [-0.39, 0.29) is 12.4 Å². The molecule has 0 radical (unpaired) electrons. The van der Waals surface area contributed by atoms with Crippen LogP contribution in [0.5, 0.6) is 0 Å². The van der Waals surface area contributed by atoms with Gasteiger partial charge in [-0.05, 0) is 43.2 Å². The number of benzene rings is 3. The summed E-state index contributed by atoms with van der Waals surface area (Å²) in [6.45, 7) is 3.60. The van der Waals surface area contributed by atoms with Gasteiger partial charge in [0.1, 0.15) is 11.3 Å². The van der Waals surface area contributed by atoms with Gasteiger partial charge in [-0.2, -0.15) is 5.10 Å². The van der Waals surface area contributed by atoms with E-state index in [1.807, 2.05) is 86.6 Å². The van der Waals surface area contributed by atoms with Crippen LogP contribution in [0.4, 0.5) is 0 Å². The van der Waals surface area contributed by atoms with E-state index in [0.29, 0.717) is 16.8 Å². The Morgan fingerprint density at radius 1 is 0.871 bits per heavy atom. The molecule has 0 saturated carbocycles. The minimum absolute atomic E-state index is 0.242. The number of esters is 1. The fraction of sp³-hybridized carbons (Fsp3) is 0.115. The predicted octanol–water partition coefficient (Wildman–Crippen LogP) is 5.20. The number of rotatable bonds is 6. The molecule has 31 heavy (non-hydrogen) atoms. The Morgan fingerprint density at radius 3 is 2.23 bits per heavy atom. The number of aryl methyl sites for hydroxylation is 2. The highest BCUT2D eigenvalue weighted by atomic mass is 16.5. The number of hydrogen-bond donors (Lipinski definition) is 0. The van der Waals surface area contributed by atoms with Crippen molar-refractivity contribution < 1.29 is 14.3 Å². The first-order valence-corrected chi connectivity index (χ1v) is 10.0. The number of aromatic nitrogens is 2. The lowest BCUT2D eigenvalue weighted by Crippen LogP contribution is -2.14. The Hall–Kier alpha value is -3.99. The van der Waals surface area contributed by atoms with E-state index in [9.17, 15) is 9.59 Å². The van der Waals surface area contributed by atoms with Crippen molar-refractivity contribution in [3.63, 3.8) is 0 Å². The minimum Gasteiger partial charge on any atom is -0.454 e. The molecule has 0 atom stereocenters. The quantitative estimate of drug-likeness (QED) is 0.324. The van der Waals surface area contributed by atoms with E-state index >= 15 is 0 Å². The molecule has 1 aromatic heterocycles. The number of ether oxygens (including phenoxy) is 1. The van der Waals surface area contributed by atoms with Crippen molar-refractivity contribution in [2.24, 2.45) is 0 Å². The van der Waals surface area contributed by atoms with Gasteiger partial charge in [0, 0.05) is 17.3 Å². The molecule has 3 aromatic carbocycles. The van der Waals surface area contributed by atoms with Gasteiger partial charge in [-0.15, -0.1) is 0 Å². The topological polar surface area (TPSA) is 61.2 Å². The molecule has 4 aromatic rings. The maximum Gasteiger partial charge on any atom is 0.342 e. The van der Waals surface area contributed by atoms with Crippen LogP contribution in [0, 0.1) is 13.8 Å². The van der Waals surface area contributed by atoms with Gasteiger partial charge in [-0.1, -0.05) is 60.7 Å². The Labute approximate surface area is 180 Å². The van der Waals surface area contributed by atoms with Crippen LogP contribution in [0.25, 0.3) is 16.9 Å². The molecule has 5 heteroatoms. The number of ketones is 1. The molecule has 4 rings (SSSR count). The lowest BCUT2D eigenvalue weighted by molar-refractivity contribution is 0.0475. The van der Waals surface area contributed by atoms with Crippen LogP contribution in [0.3, 0.4) is 0 Å². The van der Waals surface area contributed by atoms with Crippen molar-refractivity contribution in [2.45, 2.75) is 13.8 Å². The van der Waals surface area contributed by atoms with E-state index in [1.165, 1.54) is 0 Å². The molecule has 1 heterocycles. The van der Waals surface area contributed by atoms with Crippen LogP contribution in [-0.2, 0) is 4.74 Å². The van der Waals surface area contributed by atoms with E-state index < -0.39 is 5.97 Å². The van der Waals surface area contributed by atoms with E-state index in [2.05, 4.69) is 5.10 Å². The zero-order valence-corrected chi connectivity index (χ0v) is 17.4. The molecule has 0 saturated heterocycles. The van der Waals surface area contributed by atoms with Gasteiger partial charge in [-0.3, -0.25) is 4.79 Å². The molecule has 0 aliphatic carbocycles. The van der Waals surface area contributed by atoms with Gasteiger partial charge in [0.05, 0.1) is 5.69 Å². The summed E-state index contributed by atoms with van der Waals surface area (Å²) in [5, 5.41) is 4.61. The Bertz CT molecular complexity index is 1230. The zero-order chi connectivity index (χ0) is 21.8. The van der Waals surface area contributed by atoms with Gasteiger partial charge >= 0.3 is 5.97 Å².